The molecule has 2 nitrogen and oxygen atoms in total. The second-order valence-electron chi connectivity index (χ2n) is 8.53. The minimum Gasteiger partial charge on any atom is -0.508 e. The predicted octanol–water partition coefficient (Wildman–Crippen LogP) is 8.05. The number of aromatic hydroxyl groups is 1. The van der Waals surface area contributed by atoms with Crippen molar-refractivity contribution in [3.05, 3.63) is 52.7 Å². The molecular weight excluding hydrogens is 501 g/mol. The molecule has 0 saturated heterocycles. The first-order valence-corrected chi connectivity index (χ1v) is 14.1. The molecule has 0 spiro atoms. The molecule has 2 rings (SSSR count). The Balaban J connectivity index is -0.000000227. The average molecular weight is 551 g/mol. The van der Waals surface area contributed by atoms with Gasteiger partial charge < -0.3 is 10.0 Å². The molecule has 1 unspecified atom stereocenters. The van der Waals surface area contributed by atoms with Crippen molar-refractivity contribution in [2.75, 3.05) is 14.1 Å². The number of benzene rings is 1. The van der Waals surface area contributed by atoms with Gasteiger partial charge in [-0.3, -0.25) is 0 Å². The zero-order valence-electron chi connectivity index (χ0n) is 22.3. The number of hydrogen-bond donors (Lipinski definition) is 1. The molecule has 1 aliphatic rings. The van der Waals surface area contributed by atoms with Crippen LogP contribution in [0.5, 0.6) is 5.75 Å². The van der Waals surface area contributed by atoms with Crippen LogP contribution in [0.4, 0.5) is 0 Å². The number of halogens is 2. The van der Waals surface area contributed by atoms with Gasteiger partial charge in [-0.1, -0.05) is 78.5 Å². The Morgan fingerprint density at radius 2 is 1.33 bits per heavy atom. The fourth-order valence-corrected chi connectivity index (χ4v) is 3.17. The zero-order valence-corrected chi connectivity index (χ0v) is 26.7. The summed E-state index contributed by atoms with van der Waals surface area (Å²) in [6.07, 6.45) is 15.3. The van der Waals surface area contributed by atoms with Crippen LogP contribution in [0, 0.1) is 12.0 Å². The molecule has 0 saturated carbocycles. The van der Waals surface area contributed by atoms with Gasteiger partial charge in [0.2, 0.25) is 0 Å². The minimum atomic E-state index is 0. The molecule has 0 bridgehead atoms. The molecule has 6 heteroatoms. The van der Waals surface area contributed by atoms with Crippen LogP contribution in [-0.2, 0) is 34.6 Å². The Morgan fingerprint density at radius 3 is 1.61 bits per heavy atom. The fourth-order valence-electron chi connectivity index (χ4n) is 3.17. The van der Waals surface area contributed by atoms with E-state index >= 15 is 0 Å². The number of aryl methyl sites for hydroxylation is 2. The van der Waals surface area contributed by atoms with E-state index in [0.29, 0.717) is 11.7 Å². The number of phenols is 1. The Hall–Kier alpha value is -0.189. The van der Waals surface area contributed by atoms with E-state index in [4.69, 9.17) is 0 Å². The van der Waals surface area contributed by atoms with E-state index in [1.54, 1.807) is 0 Å². The number of unbranched alkanes of at least 4 members (excludes halogenated alkanes) is 4. The number of phenolic OH excluding ortho intramolecular Hbond substituents is 1. The number of hydrogen-bond acceptors (Lipinski definition) is 2. The van der Waals surface area contributed by atoms with Gasteiger partial charge in [-0.2, -0.15) is 11.6 Å². The van der Waals surface area contributed by atoms with E-state index in [0.717, 1.165) is 22.4 Å². The van der Waals surface area contributed by atoms with Crippen LogP contribution in [0.15, 0.2) is 35.5 Å². The number of allylic oxidation sites excluding steroid dienone is 3. The number of rotatable bonds is 9. The second-order valence-corrected chi connectivity index (χ2v) is 9.69. The van der Waals surface area contributed by atoms with Crippen molar-refractivity contribution in [1.82, 2.24) is 4.90 Å². The van der Waals surface area contributed by atoms with Crippen LogP contribution in [0.2, 0.25) is 13.1 Å². The molecule has 0 heterocycles. The third kappa shape index (κ3) is 19.8. The van der Waals surface area contributed by atoms with E-state index in [-0.39, 0.29) is 46.5 Å². The summed E-state index contributed by atoms with van der Waals surface area (Å²) >= 11 is 0. The van der Waals surface area contributed by atoms with E-state index in [1.165, 1.54) is 60.9 Å². The average Bonchev–Trinajstić information content (AvgIpc) is 3.02. The molecule has 0 fully saturated rings. The van der Waals surface area contributed by atoms with Crippen molar-refractivity contribution in [1.29, 1.82) is 0 Å². The number of nitrogens with zero attached hydrogens (tertiary/aromatic N) is 1. The molecule has 1 N–H and O–H groups in total. The molecule has 1 aromatic rings. The van der Waals surface area contributed by atoms with Gasteiger partial charge in [0.15, 0.2) is 0 Å². The normalized spacial score (nSPS) is 13.4. The van der Waals surface area contributed by atoms with Crippen molar-refractivity contribution >= 4 is 34.3 Å². The molecule has 0 amide bonds. The molecular formula is C27H49Cl2NOSiTi-. The summed E-state index contributed by atoms with van der Waals surface area (Å²) in [6.45, 7) is 13.2. The third-order valence-corrected chi connectivity index (χ3v) is 5.07. The Kier molecular flexibility index (Phi) is 30.2. The topological polar surface area (TPSA) is 23.5 Å². The third-order valence-electron chi connectivity index (χ3n) is 5.07. The van der Waals surface area contributed by atoms with Gasteiger partial charge in [0, 0.05) is 45.3 Å². The van der Waals surface area contributed by atoms with Crippen LogP contribution in [0.3, 0.4) is 0 Å². The first kappa shape index (κ1) is 40.0. The maximum atomic E-state index is 9.71. The minimum absolute atomic E-state index is 0. The van der Waals surface area contributed by atoms with E-state index in [2.05, 4.69) is 63.9 Å². The van der Waals surface area contributed by atoms with Crippen molar-refractivity contribution in [3.63, 3.8) is 0 Å². The van der Waals surface area contributed by atoms with Crippen LogP contribution < -0.4 is 0 Å². The van der Waals surface area contributed by atoms with E-state index < -0.39 is 0 Å². The first-order chi connectivity index (χ1) is 14.3. The number of likely N-dealkylation sites (N-methyl/N-ethyl adjacent to an activating group) is 1. The van der Waals surface area contributed by atoms with Gasteiger partial charge in [0.1, 0.15) is 5.75 Å². The summed E-state index contributed by atoms with van der Waals surface area (Å²) in [6, 6.07) is 6.10. The van der Waals surface area contributed by atoms with Gasteiger partial charge in [-0.05, 0) is 48.9 Å². The SMILES string of the molecule is CC1=CC(N(C)C)=[C-]C1C.CCCCCc1cc(O)cc(CCCCC)c1.C[SiH]C.Cl.Cl.[Ti]. The summed E-state index contributed by atoms with van der Waals surface area (Å²) in [5.41, 5.74) is 5.21. The van der Waals surface area contributed by atoms with Crippen LogP contribution >= 0.6 is 24.8 Å². The molecule has 33 heavy (non-hydrogen) atoms. The van der Waals surface area contributed by atoms with Crippen LogP contribution in [0.25, 0.3) is 0 Å². The molecule has 0 aliphatic heterocycles. The molecule has 0 aromatic heterocycles. The summed E-state index contributed by atoms with van der Waals surface area (Å²) in [4.78, 5) is 2.09. The zero-order chi connectivity index (χ0) is 22.9. The maximum absolute atomic E-state index is 9.71. The molecule has 1 aliphatic carbocycles. The summed E-state index contributed by atoms with van der Waals surface area (Å²) in [5.74, 6) is 0.947. The van der Waals surface area contributed by atoms with Crippen LogP contribution in [-0.4, -0.2) is 33.6 Å². The summed E-state index contributed by atoms with van der Waals surface area (Å²) in [5, 5.41) is 9.71. The van der Waals surface area contributed by atoms with Gasteiger partial charge in [-0.25, -0.2) is 6.08 Å². The van der Waals surface area contributed by atoms with Gasteiger partial charge in [0.05, 0.1) is 0 Å². The van der Waals surface area contributed by atoms with Crippen LogP contribution in [0.1, 0.15) is 77.3 Å². The quantitative estimate of drug-likeness (QED) is 0.191. The summed E-state index contributed by atoms with van der Waals surface area (Å²) in [7, 11) is 4.84. The fraction of sp³-hybridized carbons (Fsp3) is 0.630. The molecule has 191 valence electrons. The van der Waals surface area contributed by atoms with E-state index in [9.17, 15) is 5.11 Å². The van der Waals surface area contributed by atoms with Crippen molar-refractivity contribution in [3.8, 4) is 5.75 Å². The first-order valence-electron chi connectivity index (χ1n) is 11.8. The predicted molar refractivity (Wildman–Crippen MR) is 151 cm³/mol. The van der Waals surface area contributed by atoms with Crippen molar-refractivity contribution in [2.24, 2.45) is 5.92 Å². The Labute approximate surface area is 235 Å². The maximum Gasteiger partial charge on any atom is 0.116 e. The van der Waals surface area contributed by atoms with Crippen molar-refractivity contribution in [2.45, 2.75) is 92.2 Å². The van der Waals surface area contributed by atoms with E-state index in [1.807, 2.05) is 26.2 Å². The van der Waals surface area contributed by atoms with Gasteiger partial charge >= 0.3 is 0 Å². The molecule has 1 atom stereocenters. The monoisotopic (exact) mass is 549 g/mol. The molecule has 1 radical (unpaired) electrons. The molecule has 1 aromatic carbocycles. The Morgan fingerprint density at radius 1 is 0.909 bits per heavy atom. The van der Waals surface area contributed by atoms with Gasteiger partial charge in [-0.15, -0.1) is 30.5 Å². The Bertz CT molecular complexity index is 623. The smallest absolute Gasteiger partial charge is 0.116 e. The summed E-state index contributed by atoms with van der Waals surface area (Å²) < 4.78 is 0. The van der Waals surface area contributed by atoms with Gasteiger partial charge in [0.25, 0.3) is 0 Å². The standard InChI is InChI=1S/C16H26O.C9H14N.C2H7Si.2ClH.Ti/c1-3-5-7-9-14-11-15(10-8-6-4-2)13-16(17)12-14;1-7-5-9(10(3)4)6-8(7)2;1-3-2;;;/h11-13,17H,3-10H2,1-2H3;5,8H,1-4H3;3H,1-2H3;2*1H;/q;-1;;;;. The second kappa shape index (κ2) is 24.9. The van der Waals surface area contributed by atoms with Crippen molar-refractivity contribution < 1.29 is 26.8 Å². The largest absolute Gasteiger partial charge is 0.508 e.